The summed E-state index contributed by atoms with van der Waals surface area (Å²) in [4.78, 5) is 10.3. The molecular weight excluding hydrogens is 453 g/mol. The molecule has 0 heterocycles. The van der Waals surface area contributed by atoms with Crippen molar-refractivity contribution in [1.29, 1.82) is 0 Å². The molecule has 0 aromatic carbocycles. The van der Waals surface area contributed by atoms with Crippen LogP contribution >= 0.6 is 7.60 Å². The van der Waals surface area contributed by atoms with Crippen molar-refractivity contribution in [2.75, 3.05) is 27.7 Å². The lowest BCUT2D eigenvalue weighted by Gasteiger charge is -2.35. The summed E-state index contributed by atoms with van der Waals surface area (Å²) >= 11 is 0. The molecule has 2 unspecified atom stereocenters. The van der Waals surface area contributed by atoms with Gasteiger partial charge in [0.25, 0.3) is 0 Å². The van der Waals surface area contributed by atoms with Gasteiger partial charge in [-0.2, -0.15) is 0 Å². The minimum absolute atomic E-state index is 0.352. The van der Waals surface area contributed by atoms with Gasteiger partial charge in [-0.25, -0.2) is 0 Å². The first-order valence-corrected chi connectivity index (χ1v) is 16.8. The maximum Gasteiger partial charge on any atom is 0.385 e. The number of unbranched alkanes of at least 4 members (excludes halogenated alkanes) is 18. The summed E-state index contributed by atoms with van der Waals surface area (Å²) in [7, 11) is 2.30. The molecule has 1 N–H and O–H groups in total. The van der Waals surface area contributed by atoms with Crippen LogP contribution in [0.5, 0.6) is 0 Å². The Morgan fingerprint density at radius 2 is 1.03 bits per heavy atom. The molecule has 0 aliphatic heterocycles. The van der Waals surface area contributed by atoms with Gasteiger partial charge >= 0.3 is 7.60 Å². The summed E-state index contributed by atoms with van der Waals surface area (Å²) in [5.74, 6) is -0.352. The molecule has 0 amide bonds. The lowest BCUT2D eigenvalue weighted by molar-refractivity contribution is -0.883. The van der Waals surface area contributed by atoms with Crippen molar-refractivity contribution in [1.82, 2.24) is 0 Å². The van der Waals surface area contributed by atoms with Crippen LogP contribution < -0.4 is 0 Å². The fraction of sp³-hybridized carbons (Fsp3) is 0.933. The predicted molar refractivity (Wildman–Crippen MR) is 155 cm³/mol. The topological polar surface area (TPSA) is 46.5 Å². The number of nitrogens with zero attached hydrogens (tertiary/aromatic N) is 1. The predicted octanol–water partition coefficient (Wildman–Crippen LogP) is 10.0. The molecular formula is C30H63NO3P+. The van der Waals surface area contributed by atoms with Gasteiger partial charge in [0.1, 0.15) is 0 Å². The fourth-order valence-corrected chi connectivity index (χ4v) is 6.81. The Bertz CT molecular complexity index is 530. The zero-order chi connectivity index (χ0) is 26.3. The molecule has 0 aliphatic rings. The number of quaternary nitrogens is 1. The third-order valence-electron chi connectivity index (χ3n) is 7.07. The Morgan fingerprint density at radius 3 is 1.40 bits per heavy atom. The maximum absolute atomic E-state index is 12.5. The van der Waals surface area contributed by atoms with Crippen LogP contribution in [0.2, 0.25) is 0 Å². The van der Waals surface area contributed by atoms with E-state index in [0.717, 1.165) is 12.8 Å². The summed E-state index contributed by atoms with van der Waals surface area (Å²) in [6.45, 7) is 4.64. The van der Waals surface area contributed by atoms with Crippen molar-refractivity contribution in [3.63, 3.8) is 0 Å². The van der Waals surface area contributed by atoms with Gasteiger partial charge in [-0.3, -0.25) is 4.57 Å². The van der Waals surface area contributed by atoms with E-state index in [1.807, 2.05) is 28.1 Å². The van der Waals surface area contributed by atoms with Crippen LogP contribution in [0.3, 0.4) is 0 Å². The summed E-state index contributed by atoms with van der Waals surface area (Å²) in [5.41, 5.74) is 0. The van der Waals surface area contributed by atoms with Crippen molar-refractivity contribution < 1.29 is 18.5 Å². The molecule has 0 spiro atoms. The highest BCUT2D eigenvalue weighted by atomic mass is 31.2. The average Bonchev–Trinajstić information content (AvgIpc) is 2.78. The van der Waals surface area contributed by atoms with E-state index in [1.54, 1.807) is 0 Å². The normalized spacial score (nSPS) is 15.0. The zero-order valence-electron chi connectivity index (χ0n) is 24.4. The van der Waals surface area contributed by atoms with Crippen molar-refractivity contribution in [3.05, 3.63) is 12.2 Å². The molecule has 0 aromatic rings. The van der Waals surface area contributed by atoms with E-state index in [-0.39, 0.29) is 5.78 Å². The lowest BCUT2D eigenvalue weighted by Crippen LogP contribution is -2.44. The highest BCUT2D eigenvalue weighted by Gasteiger charge is 2.41. The van der Waals surface area contributed by atoms with Gasteiger partial charge in [-0.15, -0.1) is 0 Å². The largest absolute Gasteiger partial charge is 0.385 e. The van der Waals surface area contributed by atoms with Crippen LogP contribution in [0, 0.1) is 0 Å². The van der Waals surface area contributed by atoms with Crippen molar-refractivity contribution in [3.8, 4) is 0 Å². The fourth-order valence-electron chi connectivity index (χ4n) is 4.91. The monoisotopic (exact) mass is 516 g/mol. The van der Waals surface area contributed by atoms with Crippen molar-refractivity contribution >= 4 is 7.60 Å². The minimum atomic E-state index is -3.56. The van der Waals surface area contributed by atoms with Crippen LogP contribution in [-0.2, 0) is 9.09 Å². The first-order chi connectivity index (χ1) is 16.8. The van der Waals surface area contributed by atoms with Gasteiger partial charge < -0.3 is 13.9 Å². The van der Waals surface area contributed by atoms with E-state index in [1.165, 1.54) is 116 Å². The minimum Gasteiger partial charge on any atom is -0.320 e. The van der Waals surface area contributed by atoms with Crippen molar-refractivity contribution in [2.45, 2.75) is 154 Å². The summed E-state index contributed by atoms with van der Waals surface area (Å²) < 4.78 is 18.4. The van der Waals surface area contributed by atoms with E-state index in [9.17, 15) is 9.46 Å². The molecule has 5 heteroatoms. The quantitative estimate of drug-likeness (QED) is 0.0538. The van der Waals surface area contributed by atoms with E-state index < -0.39 is 7.60 Å². The Kier molecular flexibility index (Phi) is 22.9. The average molecular weight is 517 g/mol. The van der Waals surface area contributed by atoms with E-state index >= 15 is 0 Å². The molecule has 0 rings (SSSR count). The Hall–Kier alpha value is -0.150. The van der Waals surface area contributed by atoms with E-state index in [0.29, 0.717) is 17.5 Å². The molecule has 0 saturated heterocycles. The number of hydrogen-bond donors (Lipinski definition) is 1. The molecule has 0 radical (unpaired) electrons. The molecule has 0 saturated carbocycles. The third-order valence-corrected chi connectivity index (χ3v) is 9.43. The van der Waals surface area contributed by atoms with Gasteiger partial charge in [-0.05, 0) is 32.1 Å². The first kappa shape index (κ1) is 34.9. The summed E-state index contributed by atoms with van der Waals surface area (Å²) in [6.07, 6.45) is 31.8. The van der Waals surface area contributed by atoms with Crippen LogP contribution in [0.1, 0.15) is 149 Å². The molecule has 210 valence electrons. The second kappa shape index (κ2) is 23.0. The SMILES string of the molecule is CCCCCCCCCCCCCC/C=C\CCCCCCCCOP(=O)(O)C(CC)[N+](C)(C)C. The van der Waals surface area contributed by atoms with Gasteiger partial charge in [-0.1, -0.05) is 122 Å². The molecule has 0 aromatic heterocycles. The summed E-state index contributed by atoms with van der Waals surface area (Å²) in [5, 5.41) is 0. The number of allylic oxidation sites excluding steroid dienone is 2. The number of rotatable bonds is 26. The van der Waals surface area contributed by atoms with Crippen LogP contribution in [-0.4, -0.2) is 42.9 Å². The molecule has 4 nitrogen and oxygen atoms in total. The Morgan fingerprint density at radius 1 is 0.657 bits per heavy atom. The van der Waals surface area contributed by atoms with Gasteiger partial charge in [0.2, 0.25) is 0 Å². The van der Waals surface area contributed by atoms with Crippen LogP contribution in [0.15, 0.2) is 12.2 Å². The Labute approximate surface area is 220 Å². The van der Waals surface area contributed by atoms with Crippen molar-refractivity contribution in [2.24, 2.45) is 0 Å². The van der Waals surface area contributed by atoms with Crippen LogP contribution in [0.25, 0.3) is 0 Å². The third kappa shape index (κ3) is 21.6. The summed E-state index contributed by atoms with van der Waals surface area (Å²) in [6, 6.07) is 0. The molecule has 0 bridgehead atoms. The first-order valence-electron chi connectivity index (χ1n) is 15.2. The molecule has 2 atom stereocenters. The molecule has 0 aliphatic carbocycles. The Balaban J connectivity index is 3.41. The smallest absolute Gasteiger partial charge is 0.320 e. The van der Waals surface area contributed by atoms with Crippen LogP contribution in [0.4, 0.5) is 0 Å². The molecule has 0 fully saturated rings. The second-order valence-corrected chi connectivity index (χ2v) is 13.4. The van der Waals surface area contributed by atoms with E-state index in [2.05, 4.69) is 19.1 Å². The van der Waals surface area contributed by atoms with Gasteiger partial charge in [0.15, 0.2) is 5.78 Å². The maximum atomic E-state index is 12.5. The van der Waals surface area contributed by atoms with E-state index in [4.69, 9.17) is 4.52 Å². The van der Waals surface area contributed by atoms with Gasteiger partial charge in [0.05, 0.1) is 27.7 Å². The molecule has 35 heavy (non-hydrogen) atoms. The lowest BCUT2D eigenvalue weighted by atomic mass is 10.0. The standard InChI is InChI=1S/C30H62NO3P/c1-6-8-9-10-11-12-13-14-15-16-17-18-19-20-21-22-23-24-25-26-27-28-29-34-35(32,33)30(7-2)31(3,4)5/h20-21,30H,6-19,22-29H2,1-5H3/p+1/b21-20-. The zero-order valence-corrected chi connectivity index (χ0v) is 25.3. The van der Waals surface area contributed by atoms with Gasteiger partial charge in [0, 0.05) is 6.42 Å². The highest BCUT2D eigenvalue weighted by molar-refractivity contribution is 7.53. The second-order valence-electron chi connectivity index (χ2n) is 11.5. The number of hydrogen-bond acceptors (Lipinski definition) is 2. The highest BCUT2D eigenvalue weighted by Crippen LogP contribution is 2.51.